The highest BCUT2D eigenvalue weighted by Crippen LogP contribution is 2.24. The van der Waals surface area contributed by atoms with E-state index in [9.17, 15) is 8.42 Å². The highest BCUT2D eigenvalue weighted by Gasteiger charge is 2.15. The van der Waals surface area contributed by atoms with Crippen molar-refractivity contribution in [3.63, 3.8) is 0 Å². The van der Waals surface area contributed by atoms with E-state index >= 15 is 0 Å². The lowest BCUT2D eigenvalue weighted by Gasteiger charge is -2.23. The zero-order valence-electron chi connectivity index (χ0n) is 9.85. The van der Waals surface area contributed by atoms with Gasteiger partial charge in [-0.15, -0.1) is 12.4 Å². The zero-order valence-corrected chi connectivity index (χ0v) is 11.5. The third-order valence-corrected chi connectivity index (χ3v) is 4.21. The van der Waals surface area contributed by atoms with Crippen LogP contribution in [-0.2, 0) is 9.84 Å². The van der Waals surface area contributed by atoms with E-state index in [0.29, 0.717) is 10.8 Å². The van der Waals surface area contributed by atoms with Crippen LogP contribution < -0.4 is 5.32 Å². The summed E-state index contributed by atoms with van der Waals surface area (Å²) in [4.78, 5) is 0.403. The maximum atomic E-state index is 11.3. The van der Waals surface area contributed by atoms with Gasteiger partial charge in [0.2, 0.25) is 0 Å². The molecule has 1 aliphatic rings. The number of halogens is 1. The second kappa shape index (κ2) is 5.85. The van der Waals surface area contributed by atoms with Crippen molar-refractivity contribution in [3.8, 4) is 0 Å². The van der Waals surface area contributed by atoms with E-state index in [2.05, 4.69) is 5.32 Å². The minimum atomic E-state index is -3.07. The molecule has 0 amide bonds. The van der Waals surface area contributed by atoms with Gasteiger partial charge in [-0.2, -0.15) is 0 Å². The van der Waals surface area contributed by atoms with E-state index in [1.807, 2.05) is 12.1 Å². The Morgan fingerprint density at radius 3 is 2.35 bits per heavy atom. The summed E-state index contributed by atoms with van der Waals surface area (Å²) in [6, 6.07) is 7.29. The summed E-state index contributed by atoms with van der Waals surface area (Å²) in [6.45, 7) is 2.09. The molecule has 1 saturated heterocycles. The molecule has 1 heterocycles. The number of sulfone groups is 1. The average molecular weight is 276 g/mol. The smallest absolute Gasteiger partial charge is 0.175 e. The first kappa shape index (κ1) is 14.5. The van der Waals surface area contributed by atoms with Gasteiger partial charge in [0.05, 0.1) is 4.90 Å². The molecule has 96 valence electrons. The molecule has 0 spiro atoms. The standard InChI is InChI=1S/C12H17NO2S.ClH/c1-16(14,15)12-6-4-10(5-7-12)11-3-2-8-13-9-11;/h4-7,11,13H,2-3,8-9H2,1H3;1H. The Labute approximate surface area is 109 Å². The van der Waals surface area contributed by atoms with Crippen molar-refractivity contribution in [2.24, 2.45) is 0 Å². The van der Waals surface area contributed by atoms with Gasteiger partial charge in [-0.1, -0.05) is 12.1 Å². The monoisotopic (exact) mass is 275 g/mol. The molecule has 2 rings (SSSR count). The van der Waals surface area contributed by atoms with Crippen molar-refractivity contribution in [1.29, 1.82) is 0 Å². The lowest BCUT2D eigenvalue weighted by Crippen LogP contribution is -2.28. The number of benzene rings is 1. The SMILES string of the molecule is CS(=O)(=O)c1ccc(C2CCCNC2)cc1.Cl. The zero-order chi connectivity index (χ0) is 11.6. The molecule has 3 nitrogen and oxygen atoms in total. The van der Waals surface area contributed by atoms with E-state index < -0.39 is 9.84 Å². The number of piperidine rings is 1. The normalized spacial score (nSPS) is 20.6. The second-order valence-corrected chi connectivity index (χ2v) is 6.40. The predicted octanol–water partition coefficient (Wildman–Crippen LogP) is 1.98. The third kappa shape index (κ3) is 3.69. The van der Waals surface area contributed by atoms with Gasteiger partial charge in [0.25, 0.3) is 0 Å². The summed E-state index contributed by atoms with van der Waals surface area (Å²) in [5.74, 6) is 0.530. The van der Waals surface area contributed by atoms with E-state index in [1.165, 1.54) is 24.7 Å². The van der Waals surface area contributed by atoms with Gasteiger partial charge < -0.3 is 5.32 Å². The van der Waals surface area contributed by atoms with Gasteiger partial charge in [0, 0.05) is 12.8 Å². The first-order chi connectivity index (χ1) is 7.57. The third-order valence-electron chi connectivity index (χ3n) is 3.08. The largest absolute Gasteiger partial charge is 0.316 e. The van der Waals surface area contributed by atoms with Crippen molar-refractivity contribution < 1.29 is 8.42 Å². The second-order valence-electron chi connectivity index (χ2n) is 4.38. The lowest BCUT2D eigenvalue weighted by molar-refractivity contribution is 0.461. The Kier molecular flexibility index (Phi) is 4.98. The fraction of sp³-hybridized carbons (Fsp3) is 0.500. The van der Waals surface area contributed by atoms with Crippen LogP contribution in [0.3, 0.4) is 0 Å². The van der Waals surface area contributed by atoms with Gasteiger partial charge in [-0.05, 0) is 43.0 Å². The number of nitrogens with one attached hydrogen (secondary N) is 1. The topological polar surface area (TPSA) is 46.2 Å². The van der Waals surface area contributed by atoms with Crippen molar-refractivity contribution in [1.82, 2.24) is 5.32 Å². The van der Waals surface area contributed by atoms with Crippen LogP contribution in [0.2, 0.25) is 0 Å². The molecule has 0 aliphatic carbocycles. The van der Waals surface area contributed by atoms with E-state index in [4.69, 9.17) is 0 Å². The van der Waals surface area contributed by atoms with Crippen LogP contribution in [0.4, 0.5) is 0 Å². The van der Waals surface area contributed by atoms with Gasteiger partial charge >= 0.3 is 0 Å². The molecule has 0 bridgehead atoms. The van der Waals surface area contributed by atoms with E-state index in [1.54, 1.807) is 12.1 Å². The van der Waals surface area contributed by atoms with Crippen molar-refractivity contribution >= 4 is 22.2 Å². The number of hydrogen-bond acceptors (Lipinski definition) is 3. The minimum Gasteiger partial charge on any atom is -0.316 e. The van der Waals surface area contributed by atoms with E-state index in [0.717, 1.165) is 13.1 Å². The Bertz CT molecular complexity index is 450. The summed E-state index contributed by atoms with van der Waals surface area (Å²) in [5.41, 5.74) is 1.24. The maximum Gasteiger partial charge on any atom is 0.175 e. The van der Waals surface area contributed by atoms with Crippen molar-refractivity contribution in [3.05, 3.63) is 29.8 Å². The molecular weight excluding hydrogens is 258 g/mol. The fourth-order valence-corrected chi connectivity index (χ4v) is 2.75. The van der Waals surface area contributed by atoms with Crippen LogP contribution in [0, 0.1) is 0 Å². The van der Waals surface area contributed by atoms with Crippen LogP contribution in [-0.4, -0.2) is 27.8 Å². The number of rotatable bonds is 2. The van der Waals surface area contributed by atoms with Gasteiger partial charge in [-0.25, -0.2) is 8.42 Å². The summed E-state index contributed by atoms with van der Waals surface area (Å²) in [7, 11) is -3.07. The maximum absolute atomic E-state index is 11.3. The summed E-state index contributed by atoms with van der Waals surface area (Å²) < 4.78 is 22.6. The van der Waals surface area contributed by atoms with Crippen LogP contribution in [0.25, 0.3) is 0 Å². The minimum absolute atomic E-state index is 0. The van der Waals surface area contributed by atoms with Gasteiger partial charge in [0.15, 0.2) is 9.84 Å². The highest BCUT2D eigenvalue weighted by atomic mass is 35.5. The summed E-state index contributed by atoms with van der Waals surface area (Å²) in [5, 5.41) is 3.36. The van der Waals surface area contributed by atoms with Crippen LogP contribution in [0.1, 0.15) is 24.3 Å². The fourth-order valence-electron chi connectivity index (χ4n) is 2.12. The number of hydrogen-bond donors (Lipinski definition) is 1. The molecule has 1 aromatic rings. The Balaban J connectivity index is 0.00000144. The molecule has 1 unspecified atom stereocenters. The molecule has 0 aromatic heterocycles. The predicted molar refractivity (Wildman–Crippen MR) is 71.6 cm³/mol. The first-order valence-corrected chi connectivity index (χ1v) is 7.47. The summed E-state index contributed by atoms with van der Waals surface area (Å²) in [6.07, 6.45) is 3.62. The van der Waals surface area contributed by atoms with E-state index in [-0.39, 0.29) is 12.4 Å². The highest BCUT2D eigenvalue weighted by molar-refractivity contribution is 7.90. The van der Waals surface area contributed by atoms with Gasteiger partial charge in [-0.3, -0.25) is 0 Å². The molecule has 1 N–H and O–H groups in total. The molecule has 0 radical (unpaired) electrons. The summed E-state index contributed by atoms with van der Waals surface area (Å²) >= 11 is 0. The van der Waals surface area contributed by atoms with Crippen molar-refractivity contribution in [2.75, 3.05) is 19.3 Å². The van der Waals surface area contributed by atoms with Crippen molar-refractivity contribution in [2.45, 2.75) is 23.7 Å². The molecule has 1 atom stereocenters. The quantitative estimate of drug-likeness (QED) is 0.898. The van der Waals surface area contributed by atoms with Crippen LogP contribution >= 0.6 is 12.4 Å². The Morgan fingerprint density at radius 1 is 1.24 bits per heavy atom. The molecule has 1 fully saturated rings. The Morgan fingerprint density at radius 2 is 1.88 bits per heavy atom. The Hall–Kier alpha value is -0.580. The van der Waals surface area contributed by atoms with Gasteiger partial charge in [0.1, 0.15) is 0 Å². The van der Waals surface area contributed by atoms with Crippen LogP contribution in [0.15, 0.2) is 29.2 Å². The first-order valence-electron chi connectivity index (χ1n) is 5.58. The molecule has 17 heavy (non-hydrogen) atoms. The molecule has 0 saturated carbocycles. The molecule has 5 heteroatoms. The molecular formula is C12H18ClNO2S. The lowest BCUT2D eigenvalue weighted by atomic mass is 9.92. The van der Waals surface area contributed by atoms with Crippen LogP contribution in [0.5, 0.6) is 0 Å². The average Bonchev–Trinajstić information content (AvgIpc) is 2.29. The molecule has 1 aromatic carbocycles. The molecule has 1 aliphatic heterocycles.